The number of anilines is 3. The molecule has 7 nitrogen and oxygen atoms in total. The third kappa shape index (κ3) is 3.48. The Morgan fingerprint density at radius 2 is 2.22 bits per heavy atom. The standard InChI is InChI=1S/C16H19N7/c1-18-15-7-16(22-11-21-15)23-6-2-3-13(23)10-20-14-5-4-12(8-17)9-19-14/h4-5,7,9,11,13H,2-3,6,10H2,1H3,(H,19,20)(H,18,21,22)/t13-/m0/s1. The number of hydrogen-bond donors (Lipinski definition) is 2. The zero-order valence-corrected chi connectivity index (χ0v) is 13.0. The van der Waals surface area contributed by atoms with Crippen LogP contribution < -0.4 is 15.5 Å². The van der Waals surface area contributed by atoms with E-state index in [1.54, 1.807) is 18.6 Å². The van der Waals surface area contributed by atoms with E-state index < -0.39 is 0 Å². The molecular formula is C16H19N7. The summed E-state index contributed by atoms with van der Waals surface area (Å²) in [5.41, 5.74) is 0.568. The lowest BCUT2D eigenvalue weighted by molar-refractivity contribution is 0.689. The van der Waals surface area contributed by atoms with E-state index in [0.29, 0.717) is 11.6 Å². The van der Waals surface area contributed by atoms with Crippen LogP contribution in [0.2, 0.25) is 0 Å². The molecule has 2 aromatic rings. The van der Waals surface area contributed by atoms with Crippen LogP contribution in [0.1, 0.15) is 18.4 Å². The summed E-state index contributed by atoms with van der Waals surface area (Å²) in [5.74, 6) is 2.55. The molecule has 0 aliphatic carbocycles. The zero-order valence-electron chi connectivity index (χ0n) is 13.0. The van der Waals surface area contributed by atoms with Gasteiger partial charge in [-0.2, -0.15) is 5.26 Å². The van der Waals surface area contributed by atoms with E-state index >= 15 is 0 Å². The molecule has 0 amide bonds. The fourth-order valence-corrected chi connectivity index (χ4v) is 2.78. The van der Waals surface area contributed by atoms with Gasteiger partial charge >= 0.3 is 0 Å². The van der Waals surface area contributed by atoms with Gasteiger partial charge in [-0.25, -0.2) is 15.0 Å². The molecule has 2 aromatic heterocycles. The largest absolute Gasteiger partial charge is 0.373 e. The van der Waals surface area contributed by atoms with Crippen LogP contribution in [0.15, 0.2) is 30.7 Å². The van der Waals surface area contributed by atoms with Gasteiger partial charge in [0.1, 0.15) is 29.9 Å². The van der Waals surface area contributed by atoms with Crippen molar-refractivity contribution in [2.24, 2.45) is 0 Å². The highest BCUT2D eigenvalue weighted by Crippen LogP contribution is 2.25. The first-order valence-electron chi connectivity index (χ1n) is 7.66. The van der Waals surface area contributed by atoms with Crippen molar-refractivity contribution in [3.8, 4) is 6.07 Å². The van der Waals surface area contributed by atoms with Gasteiger partial charge in [-0.3, -0.25) is 0 Å². The molecule has 1 fully saturated rings. The Labute approximate surface area is 135 Å². The highest BCUT2D eigenvalue weighted by molar-refractivity contribution is 5.50. The third-order valence-corrected chi connectivity index (χ3v) is 3.99. The number of nitrogens with one attached hydrogen (secondary N) is 2. The van der Waals surface area contributed by atoms with Gasteiger partial charge in [-0.1, -0.05) is 0 Å². The zero-order chi connectivity index (χ0) is 16.1. The SMILES string of the molecule is CNc1cc(N2CCC[C@H]2CNc2ccc(C#N)cn2)ncn1. The molecule has 7 heteroatoms. The molecule has 1 aliphatic rings. The summed E-state index contributed by atoms with van der Waals surface area (Å²) in [4.78, 5) is 15.1. The van der Waals surface area contributed by atoms with Gasteiger partial charge in [0.25, 0.3) is 0 Å². The monoisotopic (exact) mass is 309 g/mol. The Balaban J connectivity index is 1.65. The Morgan fingerprint density at radius 1 is 1.30 bits per heavy atom. The highest BCUT2D eigenvalue weighted by atomic mass is 15.3. The summed E-state index contributed by atoms with van der Waals surface area (Å²) in [6.07, 6.45) is 5.43. The summed E-state index contributed by atoms with van der Waals surface area (Å²) in [7, 11) is 1.85. The van der Waals surface area contributed by atoms with E-state index in [1.165, 1.54) is 0 Å². The molecule has 3 rings (SSSR count). The molecule has 1 aliphatic heterocycles. The first-order valence-corrected chi connectivity index (χ1v) is 7.66. The lowest BCUT2D eigenvalue weighted by Gasteiger charge is -2.26. The van der Waals surface area contributed by atoms with Crippen LogP contribution in [0.25, 0.3) is 0 Å². The molecule has 0 saturated carbocycles. The van der Waals surface area contributed by atoms with E-state index in [4.69, 9.17) is 5.26 Å². The molecule has 1 saturated heterocycles. The second-order valence-corrected chi connectivity index (χ2v) is 5.43. The second-order valence-electron chi connectivity index (χ2n) is 5.43. The molecular weight excluding hydrogens is 290 g/mol. The highest BCUT2D eigenvalue weighted by Gasteiger charge is 2.25. The number of hydrogen-bond acceptors (Lipinski definition) is 7. The van der Waals surface area contributed by atoms with Crippen LogP contribution in [-0.4, -0.2) is 41.1 Å². The Hall–Kier alpha value is -2.88. The van der Waals surface area contributed by atoms with Crippen molar-refractivity contribution < 1.29 is 0 Å². The maximum absolute atomic E-state index is 8.80. The van der Waals surface area contributed by atoms with Gasteiger partial charge in [0, 0.05) is 38.4 Å². The summed E-state index contributed by atoms with van der Waals surface area (Å²) < 4.78 is 0. The predicted molar refractivity (Wildman–Crippen MR) is 89.4 cm³/mol. The molecule has 0 bridgehead atoms. The molecule has 0 unspecified atom stereocenters. The molecule has 0 spiro atoms. The van der Waals surface area contributed by atoms with Gasteiger partial charge in [0.15, 0.2) is 0 Å². The van der Waals surface area contributed by atoms with Gasteiger partial charge in [-0.15, -0.1) is 0 Å². The predicted octanol–water partition coefficient (Wildman–Crippen LogP) is 1.87. The molecule has 118 valence electrons. The third-order valence-electron chi connectivity index (χ3n) is 3.99. The minimum Gasteiger partial charge on any atom is -0.373 e. The normalized spacial score (nSPS) is 16.9. The Kier molecular flexibility index (Phi) is 4.52. The number of aromatic nitrogens is 3. The van der Waals surface area contributed by atoms with Crippen LogP contribution in [0, 0.1) is 11.3 Å². The summed E-state index contributed by atoms with van der Waals surface area (Å²) in [5, 5.41) is 15.2. The second kappa shape index (κ2) is 6.92. The van der Waals surface area contributed by atoms with Crippen molar-refractivity contribution in [1.82, 2.24) is 15.0 Å². The van der Waals surface area contributed by atoms with E-state index in [2.05, 4.69) is 36.6 Å². The van der Waals surface area contributed by atoms with Crippen LogP contribution in [-0.2, 0) is 0 Å². The smallest absolute Gasteiger partial charge is 0.134 e. The number of rotatable bonds is 5. The number of pyridine rings is 1. The molecule has 0 radical (unpaired) electrons. The average Bonchev–Trinajstić information content (AvgIpc) is 3.09. The Morgan fingerprint density at radius 3 is 2.96 bits per heavy atom. The number of nitriles is 1. The van der Waals surface area contributed by atoms with E-state index in [-0.39, 0.29) is 0 Å². The van der Waals surface area contributed by atoms with Crippen LogP contribution in [0.3, 0.4) is 0 Å². The maximum Gasteiger partial charge on any atom is 0.134 e. The van der Waals surface area contributed by atoms with Crippen LogP contribution >= 0.6 is 0 Å². The van der Waals surface area contributed by atoms with Gasteiger partial charge in [0.2, 0.25) is 0 Å². The van der Waals surface area contributed by atoms with Crippen molar-refractivity contribution in [2.75, 3.05) is 35.7 Å². The lowest BCUT2D eigenvalue weighted by Crippen LogP contribution is -2.35. The van der Waals surface area contributed by atoms with Crippen molar-refractivity contribution in [1.29, 1.82) is 5.26 Å². The molecule has 0 aromatic carbocycles. The van der Waals surface area contributed by atoms with Crippen LogP contribution in [0.4, 0.5) is 17.5 Å². The maximum atomic E-state index is 8.80. The average molecular weight is 309 g/mol. The van der Waals surface area contributed by atoms with Gasteiger partial charge < -0.3 is 15.5 Å². The first kappa shape index (κ1) is 15.0. The number of nitrogens with zero attached hydrogens (tertiary/aromatic N) is 5. The van der Waals surface area contributed by atoms with Crippen LogP contribution in [0.5, 0.6) is 0 Å². The molecule has 1 atom stereocenters. The lowest BCUT2D eigenvalue weighted by atomic mass is 10.2. The summed E-state index contributed by atoms with van der Waals surface area (Å²) in [6.45, 7) is 1.78. The van der Waals surface area contributed by atoms with Crippen molar-refractivity contribution in [3.05, 3.63) is 36.3 Å². The quantitative estimate of drug-likeness (QED) is 0.871. The Bertz CT molecular complexity index is 692. The molecule has 2 N–H and O–H groups in total. The molecule has 3 heterocycles. The fourth-order valence-electron chi connectivity index (χ4n) is 2.78. The van der Waals surface area contributed by atoms with E-state index in [0.717, 1.165) is 43.4 Å². The minimum atomic E-state index is 0.368. The fraction of sp³-hybridized carbons (Fsp3) is 0.375. The van der Waals surface area contributed by atoms with Gasteiger partial charge in [-0.05, 0) is 25.0 Å². The summed E-state index contributed by atoms with van der Waals surface area (Å²) in [6, 6.07) is 8.01. The van der Waals surface area contributed by atoms with Crippen molar-refractivity contribution in [2.45, 2.75) is 18.9 Å². The first-order chi connectivity index (χ1) is 11.3. The minimum absolute atomic E-state index is 0.368. The van der Waals surface area contributed by atoms with Gasteiger partial charge in [0.05, 0.1) is 5.56 Å². The van der Waals surface area contributed by atoms with Crippen molar-refractivity contribution in [3.63, 3.8) is 0 Å². The molecule has 23 heavy (non-hydrogen) atoms. The van der Waals surface area contributed by atoms with E-state index in [9.17, 15) is 0 Å². The van der Waals surface area contributed by atoms with Crippen molar-refractivity contribution >= 4 is 17.5 Å². The summed E-state index contributed by atoms with van der Waals surface area (Å²) >= 11 is 0. The topological polar surface area (TPSA) is 89.8 Å². The van der Waals surface area contributed by atoms with E-state index in [1.807, 2.05) is 19.2 Å².